The third kappa shape index (κ3) is 5.81. The predicted octanol–water partition coefficient (Wildman–Crippen LogP) is 13.2. The first-order chi connectivity index (χ1) is 20.6. The van der Waals surface area contributed by atoms with E-state index in [4.69, 9.17) is 0 Å². The van der Waals surface area contributed by atoms with E-state index in [1.54, 1.807) is 0 Å². The minimum Gasteiger partial charge on any atom is -0.0871 e. The van der Waals surface area contributed by atoms with Crippen LogP contribution in [0.2, 0.25) is 0 Å². The van der Waals surface area contributed by atoms with E-state index in [1.165, 1.54) is 76.8 Å². The molecule has 0 spiro atoms. The highest BCUT2D eigenvalue weighted by molar-refractivity contribution is 6.20. The summed E-state index contributed by atoms with van der Waals surface area (Å²) in [5.74, 6) is 0. The van der Waals surface area contributed by atoms with E-state index < -0.39 is 0 Å². The zero-order valence-electron chi connectivity index (χ0n) is 26.5. The number of hydrogen-bond acceptors (Lipinski definition) is 0. The molecule has 42 heavy (non-hydrogen) atoms. The van der Waals surface area contributed by atoms with Gasteiger partial charge in [-0.1, -0.05) is 137 Å². The molecular formula is C42H44. The lowest BCUT2D eigenvalue weighted by atomic mass is 9.88. The van der Waals surface area contributed by atoms with Gasteiger partial charge in [-0.05, 0) is 117 Å². The smallest absolute Gasteiger partial charge is 0.00266 e. The van der Waals surface area contributed by atoms with Gasteiger partial charge in [-0.25, -0.2) is 0 Å². The van der Waals surface area contributed by atoms with E-state index in [9.17, 15) is 0 Å². The molecule has 0 radical (unpaired) electrons. The van der Waals surface area contributed by atoms with Crippen molar-refractivity contribution in [2.45, 2.75) is 55.4 Å². The molecule has 0 amide bonds. The Balaban J connectivity index is 0.000000972. The summed E-state index contributed by atoms with van der Waals surface area (Å²) in [5, 5.41) is 7.79. The summed E-state index contributed by atoms with van der Waals surface area (Å²) in [6, 6.07) is 35.9. The maximum atomic E-state index is 2.37. The van der Waals surface area contributed by atoms with Gasteiger partial charge in [-0.15, -0.1) is 0 Å². The van der Waals surface area contributed by atoms with Gasteiger partial charge >= 0.3 is 0 Å². The van der Waals surface area contributed by atoms with Crippen LogP contribution in [0.5, 0.6) is 0 Å². The zero-order valence-corrected chi connectivity index (χ0v) is 26.5. The van der Waals surface area contributed by atoms with Crippen molar-refractivity contribution in [3.63, 3.8) is 0 Å². The van der Waals surface area contributed by atoms with Gasteiger partial charge in [-0.3, -0.25) is 0 Å². The fourth-order valence-corrected chi connectivity index (χ4v) is 5.78. The van der Waals surface area contributed by atoms with Gasteiger partial charge in [0.05, 0.1) is 0 Å². The molecule has 0 fully saturated rings. The zero-order chi connectivity index (χ0) is 30.2. The summed E-state index contributed by atoms with van der Waals surface area (Å²) in [6.07, 6.45) is 8.71. The van der Waals surface area contributed by atoms with Crippen molar-refractivity contribution in [3.05, 3.63) is 131 Å². The first kappa shape index (κ1) is 30.5. The summed E-state index contributed by atoms with van der Waals surface area (Å²) < 4.78 is 0. The van der Waals surface area contributed by atoms with Crippen molar-refractivity contribution < 1.29 is 0 Å². The maximum absolute atomic E-state index is 2.37. The van der Waals surface area contributed by atoms with Gasteiger partial charge in [0.25, 0.3) is 0 Å². The molecule has 0 aliphatic carbocycles. The molecule has 0 aliphatic rings. The third-order valence-electron chi connectivity index (χ3n) is 7.92. The largest absolute Gasteiger partial charge is 0.0871 e. The molecule has 0 heteroatoms. The molecule has 212 valence electrons. The SMILES string of the molecule is C/C=C\c1cc(-c2ccc(-c3ccc4ccc5ccc6ccccc6c5c4c3)cc2)c(/C=C\C)c(C)c1C.CC.CC. The van der Waals surface area contributed by atoms with Crippen LogP contribution in [0.1, 0.15) is 63.8 Å². The predicted molar refractivity (Wildman–Crippen MR) is 191 cm³/mol. The molecular weight excluding hydrogens is 504 g/mol. The summed E-state index contributed by atoms with van der Waals surface area (Å²) in [5.41, 5.74) is 10.3. The molecule has 0 bridgehead atoms. The quantitative estimate of drug-likeness (QED) is 0.192. The Morgan fingerprint density at radius 2 is 1.02 bits per heavy atom. The highest BCUT2D eigenvalue weighted by Crippen LogP contribution is 2.36. The van der Waals surface area contributed by atoms with Crippen molar-refractivity contribution in [2.75, 3.05) is 0 Å². The Morgan fingerprint density at radius 1 is 0.476 bits per heavy atom. The molecule has 0 aromatic heterocycles. The van der Waals surface area contributed by atoms with Crippen molar-refractivity contribution in [1.29, 1.82) is 0 Å². The summed E-state index contributed by atoms with van der Waals surface area (Å²) in [6.45, 7) is 16.6. The molecule has 6 aromatic rings. The van der Waals surface area contributed by atoms with Gasteiger partial charge in [0.15, 0.2) is 0 Å². The molecule has 0 heterocycles. The lowest BCUT2D eigenvalue weighted by Gasteiger charge is -2.16. The average molecular weight is 549 g/mol. The number of fused-ring (bicyclic) bond motifs is 5. The second-order valence-corrected chi connectivity index (χ2v) is 10.1. The first-order valence-electron chi connectivity index (χ1n) is 15.4. The summed E-state index contributed by atoms with van der Waals surface area (Å²) in [4.78, 5) is 0. The monoisotopic (exact) mass is 548 g/mol. The van der Waals surface area contributed by atoms with Crippen LogP contribution in [-0.2, 0) is 0 Å². The highest BCUT2D eigenvalue weighted by Gasteiger charge is 2.12. The Labute approximate surface area is 253 Å². The lowest BCUT2D eigenvalue weighted by Crippen LogP contribution is -1.95. The minimum atomic E-state index is 1.23. The van der Waals surface area contributed by atoms with Gasteiger partial charge < -0.3 is 0 Å². The van der Waals surface area contributed by atoms with Crippen LogP contribution >= 0.6 is 0 Å². The fraction of sp³-hybridized carbons (Fsp3) is 0.190. The number of rotatable bonds is 4. The van der Waals surface area contributed by atoms with E-state index in [2.05, 4.69) is 149 Å². The van der Waals surface area contributed by atoms with Crippen LogP contribution < -0.4 is 0 Å². The van der Waals surface area contributed by atoms with Gasteiger partial charge in [0.1, 0.15) is 0 Å². The van der Waals surface area contributed by atoms with Crippen LogP contribution in [0.4, 0.5) is 0 Å². The molecule has 0 N–H and O–H groups in total. The standard InChI is InChI=1S/C38H32.2C2H6/c1-5-9-32-23-36(34(10-6-2)26(4)25(32)3)29-15-13-27(14-16-29)33-22-19-30-18-21-31-20-17-28-11-7-8-12-35(28)38(31)37(30)24-33;2*1-2/h5-24H,1-4H3;2*1-2H3/b9-5-,10-6-;;. The van der Waals surface area contributed by atoms with E-state index in [1.807, 2.05) is 27.7 Å². The Bertz CT molecular complexity index is 1870. The third-order valence-corrected chi connectivity index (χ3v) is 7.92. The second-order valence-electron chi connectivity index (χ2n) is 10.1. The van der Waals surface area contributed by atoms with Crippen LogP contribution in [-0.4, -0.2) is 0 Å². The van der Waals surface area contributed by atoms with Crippen LogP contribution in [0, 0.1) is 13.8 Å². The molecule has 0 atom stereocenters. The molecule has 0 nitrogen and oxygen atoms in total. The van der Waals surface area contributed by atoms with Gasteiger partial charge in [0, 0.05) is 0 Å². The van der Waals surface area contributed by atoms with Crippen molar-refractivity contribution in [2.24, 2.45) is 0 Å². The van der Waals surface area contributed by atoms with Gasteiger partial charge in [-0.2, -0.15) is 0 Å². The van der Waals surface area contributed by atoms with Crippen molar-refractivity contribution >= 4 is 44.5 Å². The van der Waals surface area contributed by atoms with Crippen molar-refractivity contribution in [3.8, 4) is 22.3 Å². The van der Waals surface area contributed by atoms with Gasteiger partial charge in [0.2, 0.25) is 0 Å². The normalized spacial score (nSPS) is 11.1. The number of allylic oxidation sites excluding steroid dienone is 2. The Kier molecular flexibility index (Phi) is 10.2. The Hall–Kier alpha value is -4.42. The summed E-state index contributed by atoms with van der Waals surface area (Å²) >= 11 is 0. The minimum absolute atomic E-state index is 1.23. The second kappa shape index (κ2) is 14.0. The van der Waals surface area contributed by atoms with E-state index in [-0.39, 0.29) is 0 Å². The maximum Gasteiger partial charge on any atom is -0.00266 e. The molecule has 0 aliphatic heterocycles. The molecule has 0 unspecified atom stereocenters. The van der Waals surface area contributed by atoms with Crippen LogP contribution in [0.25, 0.3) is 66.7 Å². The van der Waals surface area contributed by atoms with E-state index in [0.29, 0.717) is 0 Å². The number of benzene rings is 6. The Morgan fingerprint density at radius 3 is 1.69 bits per heavy atom. The van der Waals surface area contributed by atoms with E-state index >= 15 is 0 Å². The highest BCUT2D eigenvalue weighted by atomic mass is 14.2. The van der Waals surface area contributed by atoms with Crippen molar-refractivity contribution in [1.82, 2.24) is 0 Å². The van der Waals surface area contributed by atoms with Crippen LogP contribution in [0.15, 0.2) is 109 Å². The van der Waals surface area contributed by atoms with Crippen LogP contribution in [0.3, 0.4) is 0 Å². The molecule has 0 saturated heterocycles. The molecule has 6 aromatic carbocycles. The average Bonchev–Trinajstić information content (AvgIpc) is 3.06. The molecule has 6 rings (SSSR count). The van der Waals surface area contributed by atoms with E-state index in [0.717, 1.165) is 0 Å². The lowest BCUT2D eigenvalue weighted by molar-refractivity contribution is 1.31. The topological polar surface area (TPSA) is 0 Å². The first-order valence-corrected chi connectivity index (χ1v) is 15.4. The summed E-state index contributed by atoms with van der Waals surface area (Å²) in [7, 11) is 0. The fourth-order valence-electron chi connectivity index (χ4n) is 5.78. The number of hydrogen-bond donors (Lipinski definition) is 0. The molecule has 0 saturated carbocycles.